The quantitative estimate of drug-likeness (QED) is 0.786. The molecule has 0 bridgehead atoms. The summed E-state index contributed by atoms with van der Waals surface area (Å²) in [5.74, 6) is 0. The van der Waals surface area contributed by atoms with Gasteiger partial charge in [0.15, 0.2) is 0 Å². The van der Waals surface area contributed by atoms with E-state index in [1.54, 1.807) is 0 Å². The second-order valence-electron chi connectivity index (χ2n) is 4.91. The summed E-state index contributed by atoms with van der Waals surface area (Å²) in [6, 6.07) is 6.84. The van der Waals surface area contributed by atoms with Crippen LogP contribution in [0.4, 0.5) is 5.69 Å². The molecule has 0 aliphatic carbocycles. The maximum absolute atomic E-state index is 5.52. The Kier molecular flexibility index (Phi) is 2.62. The molecule has 86 valence electrons. The van der Waals surface area contributed by atoms with Gasteiger partial charge in [0.05, 0.1) is 5.54 Å². The van der Waals surface area contributed by atoms with E-state index in [-0.39, 0.29) is 5.54 Å². The van der Waals surface area contributed by atoms with Crippen molar-refractivity contribution in [3.8, 4) is 0 Å². The molecule has 0 spiro atoms. The molecule has 1 aliphatic rings. The zero-order valence-electron chi connectivity index (χ0n) is 10.3. The third-order valence-electron chi connectivity index (χ3n) is 2.68. The molecule has 3 nitrogen and oxygen atoms in total. The van der Waals surface area contributed by atoms with Crippen molar-refractivity contribution >= 4 is 11.7 Å². The van der Waals surface area contributed by atoms with Gasteiger partial charge in [-0.25, -0.2) is 4.99 Å². The third-order valence-corrected chi connectivity index (χ3v) is 2.68. The molecule has 0 saturated heterocycles. The molecule has 0 radical (unpaired) electrons. The van der Waals surface area contributed by atoms with Crippen molar-refractivity contribution in [1.29, 1.82) is 0 Å². The molecular weight excluding hydrogens is 200 g/mol. The summed E-state index contributed by atoms with van der Waals surface area (Å²) in [5.41, 5.74) is 3.39. The maximum Gasteiger partial charge on any atom is 0.289 e. The fourth-order valence-electron chi connectivity index (χ4n) is 1.77. The van der Waals surface area contributed by atoms with Crippen molar-refractivity contribution in [2.45, 2.75) is 33.2 Å². The van der Waals surface area contributed by atoms with Gasteiger partial charge in [0.25, 0.3) is 6.02 Å². The zero-order valence-corrected chi connectivity index (χ0v) is 10.3. The fraction of sp³-hybridized carbons (Fsp3) is 0.462. The monoisotopic (exact) mass is 218 g/mol. The lowest BCUT2D eigenvalue weighted by Gasteiger charge is -2.11. The summed E-state index contributed by atoms with van der Waals surface area (Å²) in [6.07, 6.45) is 0. The number of anilines is 1. The van der Waals surface area contributed by atoms with Gasteiger partial charge < -0.3 is 10.1 Å². The highest BCUT2D eigenvalue weighted by Crippen LogP contribution is 2.23. The first-order valence-electron chi connectivity index (χ1n) is 5.54. The Balaban J connectivity index is 2.23. The molecule has 2 rings (SSSR count). The standard InChI is InChI=1S/C13H18N2O/c1-9-6-5-7-10(2)11(9)14-12-15-13(3,4)8-16-12/h5-7H,8H2,1-4H3,(H,14,15). The van der Waals surface area contributed by atoms with Crippen molar-refractivity contribution in [3.63, 3.8) is 0 Å². The number of amidine groups is 1. The normalized spacial score (nSPS) is 17.9. The summed E-state index contributed by atoms with van der Waals surface area (Å²) < 4.78 is 5.52. The molecule has 0 aromatic heterocycles. The van der Waals surface area contributed by atoms with E-state index in [1.807, 2.05) is 0 Å². The smallest absolute Gasteiger partial charge is 0.289 e. The Bertz CT molecular complexity index is 415. The van der Waals surface area contributed by atoms with Gasteiger partial charge in [-0.3, -0.25) is 0 Å². The molecule has 1 aliphatic heterocycles. The minimum absolute atomic E-state index is 0.112. The summed E-state index contributed by atoms with van der Waals surface area (Å²) in [7, 11) is 0. The van der Waals surface area contributed by atoms with E-state index >= 15 is 0 Å². The van der Waals surface area contributed by atoms with E-state index in [0.717, 1.165) is 5.69 Å². The highest BCUT2D eigenvalue weighted by Gasteiger charge is 2.26. The van der Waals surface area contributed by atoms with Gasteiger partial charge in [-0.2, -0.15) is 0 Å². The van der Waals surface area contributed by atoms with Crippen LogP contribution in [0.5, 0.6) is 0 Å². The summed E-state index contributed by atoms with van der Waals surface area (Å²) in [5, 5.41) is 3.26. The first kappa shape index (κ1) is 11.0. The van der Waals surface area contributed by atoms with E-state index in [2.05, 4.69) is 56.2 Å². The van der Waals surface area contributed by atoms with E-state index in [4.69, 9.17) is 4.74 Å². The number of benzene rings is 1. The van der Waals surface area contributed by atoms with Crippen molar-refractivity contribution in [2.75, 3.05) is 11.9 Å². The van der Waals surface area contributed by atoms with Gasteiger partial charge in [0, 0.05) is 5.69 Å². The molecule has 1 N–H and O–H groups in total. The number of hydrogen-bond acceptors (Lipinski definition) is 3. The van der Waals surface area contributed by atoms with Gasteiger partial charge >= 0.3 is 0 Å². The second-order valence-corrected chi connectivity index (χ2v) is 4.91. The Morgan fingerprint density at radius 3 is 2.38 bits per heavy atom. The van der Waals surface area contributed by atoms with E-state index in [9.17, 15) is 0 Å². The number of nitrogens with zero attached hydrogens (tertiary/aromatic N) is 1. The number of hydrogen-bond donors (Lipinski definition) is 1. The van der Waals surface area contributed by atoms with Crippen molar-refractivity contribution in [1.82, 2.24) is 0 Å². The van der Waals surface area contributed by atoms with Gasteiger partial charge in [0.1, 0.15) is 6.61 Å². The number of aryl methyl sites for hydroxylation is 2. The first-order valence-corrected chi connectivity index (χ1v) is 5.54. The lowest BCUT2D eigenvalue weighted by Crippen LogP contribution is -2.17. The van der Waals surface area contributed by atoms with E-state index < -0.39 is 0 Å². The largest absolute Gasteiger partial charge is 0.462 e. The van der Waals surface area contributed by atoms with E-state index in [1.165, 1.54) is 11.1 Å². The molecular formula is C13H18N2O. The number of nitrogens with one attached hydrogen (secondary N) is 1. The molecule has 0 amide bonds. The van der Waals surface area contributed by atoms with Crippen LogP contribution < -0.4 is 5.32 Å². The average molecular weight is 218 g/mol. The van der Waals surface area contributed by atoms with Crippen LogP contribution in [0.25, 0.3) is 0 Å². The van der Waals surface area contributed by atoms with Gasteiger partial charge in [-0.15, -0.1) is 0 Å². The van der Waals surface area contributed by atoms with Crippen LogP contribution in [0, 0.1) is 13.8 Å². The zero-order chi connectivity index (χ0) is 11.8. The fourth-order valence-corrected chi connectivity index (χ4v) is 1.77. The topological polar surface area (TPSA) is 33.6 Å². The maximum atomic E-state index is 5.52. The summed E-state index contributed by atoms with van der Waals surface area (Å²) in [6.45, 7) is 8.92. The van der Waals surface area contributed by atoms with Crippen LogP contribution in [0.1, 0.15) is 25.0 Å². The minimum atomic E-state index is -0.112. The van der Waals surface area contributed by atoms with Crippen molar-refractivity contribution in [3.05, 3.63) is 29.3 Å². The van der Waals surface area contributed by atoms with Crippen LogP contribution in [0.2, 0.25) is 0 Å². The molecule has 1 heterocycles. The average Bonchev–Trinajstić information content (AvgIpc) is 2.52. The van der Waals surface area contributed by atoms with Gasteiger partial charge in [-0.1, -0.05) is 18.2 Å². The predicted molar refractivity (Wildman–Crippen MR) is 67.0 cm³/mol. The number of aliphatic imine (C=N–C) groups is 1. The third kappa shape index (κ3) is 2.18. The first-order chi connectivity index (χ1) is 7.48. The van der Waals surface area contributed by atoms with Crippen LogP contribution >= 0.6 is 0 Å². The Labute approximate surface area is 96.5 Å². The van der Waals surface area contributed by atoms with Crippen molar-refractivity contribution in [2.24, 2.45) is 4.99 Å². The van der Waals surface area contributed by atoms with Gasteiger partial charge in [-0.05, 0) is 38.8 Å². The highest BCUT2D eigenvalue weighted by molar-refractivity contribution is 5.92. The van der Waals surface area contributed by atoms with Crippen molar-refractivity contribution < 1.29 is 4.74 Å². The lowest BCUT2D eigenvalue weighted by molar-refractivity contribution is 0.278. The second kappa shape index (κ2) is 3.81. The lowest BCUT2D eigenvalue weighted by atomic mass is 10.1. The van der Waals surface area contributed by atoms with Crippen LogP contribution in [-0.2, 0) is 4.74 Å². The van der Waals surface area contributed by atoms with Gasteiger partial charge in [0.2, 0.25) is 0 Å². The number of para-hydroxylation sites is 1. The number of rotatable bonds is 1. The molecule has 0 fully saturated rings. The van der Waals surface area contributed by atoms with E-state index in [0.29, 0.717) is 12.6 Å². The van der Waals surface area contributed by atoms with Crippen LogP contribution in [-0.4, -0.2) is 18.2 Å². The molecule has 16 heavy (non-hydrogen) atoms. The molecule has 3 heteroatoms. The molecule has 1 aromatic rings. The highest BCUT2D eigenvalue weighted by atomic mass is 16.5. The Hall–Kier alpha value is -1.51. The molecule has 0 unspecified atom stereocenters. The van der Waals surface area contributed by atoms with Crippen LogP contribution in [0.3, 0.4) is 0 Å². The molecule has 1 aromatic carbocycles. The summed E-state index contributed by atoms with van der Waals surface area (Å²) >= 11 is 0. The Morgan fingerprint density at radius 2 is 1.88 bits per heavy atom. The Morgan fingerprint density at radius 1 is 1.25 bits per heavy atom. The van der Waals surface area contributed by atoms with Crippen LogP contribution in [0.15, 0.2) is 23.2 Å². The minimum Gasteiger partial charge on any atom is -0.462 e. The summed E-state index contributed by atoms with van der Waals surface area (Å²) in [4.78, 5) is 4.48. The number of ether oxygens (including phenoxy) is 1. The SMILES string of the molecule is Cc1cccc(C)c1NC1=NC(C)(C)CO1. The molecule has 0 atom stereocenters. The predicted octanol–water partition coefficient (Wildman–Crippen LogP) is 2.88. The molecule has 0 saturated carbocycles.